The van der Waals surface area contributed by atoms with Gasteiger partial charge in [0.05, 0.1) is 13.2 Å². The summed E-state index contributed by atoms with van der Waals surface area (Å²) < 4.78 is 5.65. The molecule has 1 aromatic rings. The van der Waals surface area contributed by atoms with Crippen molar-refractivity contribution in [3.05, 3.63) is 34.9 Å². The first-order chi connectivity index (χ1) is 8.59. The maximum atomic E-state index is 5.65. The van der Waals surface area contributed by atoms with Crippen molar-refractivity contribution < 1.29 is 4.74 Å². The van der Waals surface area contributed by atoms with Gasteiger partial charge in [-0.1, -0.05) is 37.6 Å². The zero-order valence-electron chi connectivity index (χ0n) is 12.3. The Balaban J connectivity index is 2.12. The van der Waals surface area contributed by atoms with E-state index in [0.717, 1.165) is 32.7 Å². The summed E-state index contributed by atoms with van der Waals surface area (Å²) in [5.41, 5.74) is 4.10. The SMILES string of the molecule is Cc1ccc(C)c(CCOCCNCC(C)C)c1. The van der Waals surface area contributed by atoms with Gasteiger partial charge in [0, 0.05) is 6.54 Å². The molecule has 0 saturated carbocycles. The van der Waals surface area contributed by atoms with Gasteiger partial charge in [0.15, 0.2) is 0 Å². The Morgan fingerprint density at radius 2 is 1.94 bits per heavy atom. The molecule has 0 radical (unpaired) electrons. The molecule has 0 aliphatic heterocycles. The minimum absolute atomic E-state index is 0.708. The summed E-state index contributed by atoms with van der Waals surface area (Å²) in [7, 11) is 0. The summed E-state index contributed by atoms with van der Waals surface area (Å²) in [6.45, 7) is 12.4. The Bertz CT molecular complexity index is 347. The largest absolute Gasteiger partial charge is 0.380 e. The maximum Gasteiger partial charge on any atom is 0.0591 e. The molecule has 0 amide bonds. The third-order valence-corrected chi connectivity index (χ3v) is 3.00. The molecule has 1 rings (SSSR count). The molecule has 2 nitrogen and oxygen atoms in total. The highest BCUT2D eigenvalue weighted by Gasteiger charge is 1.99. The maximum absolute atomic E-state index is 5.65. The van der Waals surface area contributed by atoms with E-state index in [4.69, 9.17) is 4.74 Å². The summed E-state index contributed by atoms with van der Waals surface area (Å²) in [6.07, 6.45) is 1.01. The van der Waals surface area contributed by atoms with E-state index in [1.54, 1.807) is 0 Å². The van der Waals surface area contributed by atoms with Gasteiger partial charge in [0.2, 0.25) is 0 Å². The van der Waals surface area contributed by atoms with Crippen LogP contribution in [0.2, 0.25) is 0 Å². The van der Waals surface area contributed by atoms with Crippen molar-refractivity contribution >= 4 is 0 Å². The second-order valence-electron chi connectivity index (χ2n) is 5.39. The molecule has 0 unspecified atom stereocenters. The normalized spacial score (nSPS) is 11.2. The Morgan fingerprint density at radius 3 is 2.67 bits per heavy atom. The van der Waals surface area contributed by atoms with E-state index in [1.165, 1.54) is 16.7 Å². The van der Waals surface area contributed by atoms with Gasteiger partial charge in [-0.3, -0.25) is 0 Å². The fraction of sp³-hybridized carbons (Fsp3) is 0.625. The Hall–Kier alpha value is -0.860. The van der Waals surface area contributed by atoms with E-state index < -0.39 is 0 Å². The van der Waals surface area contributed by atoms with Gasteiger partial charge in [-0.25, -0.2) is 0 Å². The first-order valence-corrected chi connectivity index (χ1v) is 6.94. The van der Waals surface area contributed by atoms with Crippen LogP contribution in [0.1, 0.15) is 30.5 Å². The molecule has 0 heterocycles. The van der Waals surface area contributed by atoms with Crippen molar-refractivity contribution in [3.63, 3.8) is 0 Å². The van der Waals surface area contributed by atoms with Crippen LogP contribution < -0.4 is 5.32 Å². The number of hydrogen-bond donors (Lipinski definition) is 1. The average Bonchev–Trinajstić information content (AvgIpc) is 2.32. The number of nitrogens with one attached hydrogen (secondary N) is 1. The monoisotopic (exact) mass is 249 g/mol. The number of benzene rings is 1. The van der Waals surface area contributed by atoms with Gasteiger partial charge in [-0.15, -0.1) is 0 Å². The molecular weight excluding hydrogens is 222 g/mol. The molecule has 0 saturated heterocycles. The second-order valence-corrected chi connectivity index (χ2v) is 5.39. The van der Waals surface area contributed by atoms with Gasteiger partial charge in [0.25, 0.3) is 0 Å². The highest BCUT2D eigenvalue weighted by atomic mass is 16.5. The van der Waals surface area contributed by atoms with Crippen LogP contribution in [0, 0.1) is 19.8 Å². The predicted molar refractivity (Wildman–Crippen MR) is 78.1 cm³/mol. The number of hydrogen-bond acceptors (Lipinski definition) is 2. The van der Waals surface area contributed by atoms with Gasteiger partial charge in [-0.2, -0.15) is 0 Å². The van der Waals surface area contributed by atoms with Gasteiger partial charge < -0.3 is 10.1 Å². The van der Waals surface area contributed by atoms with Gasteiger partial charge in [-0.05, 0) is 43.9 Å². The second kappa shape index (κ2) is 8.28. The van der Waals surface area contributed by atoms with Crippen LogP contribution in [0.25, 0.3) is 0 Å². The molecule has 0 spiro atoms. The minimum atomic E-state index is 0.708. The van der Waals surface area contributed by atoms with Crippen molar-refractivity contribution in [2.45, 2.75) is 34.1 Å². The number of rotatable bonds is 8. The molecule has 0 aliphatic carbocycles. The summed E-state index contributed by atoms with van der Waals surface area (Å²) in [6, 6.07) is 6.61. The average molecular weight is 249 g/mol. The lowest BCUT2D eigenvalue weighted by molar-refractivity contribution is 0.138. The lowest BCUT2D eigenvalue weighted by Crippen LogP contribution is -2.24. The zero-order valence-corrected chi connectivity index (χ0v) is 12.3. The highest BCUT2D eigenvalue weighted by Crippen LogP contribution is 2.11. The van der Waals surface area contributed by atoms with E-state index in [2.05, 4.69) is 51.2 Å². The van der Waals surface area contributed by atoms with Crippen LogP contribution in [0.3, 0.4) is 0 Å². The van der Waals surface area contributed by atoms with Crippen molar-refractivity contribution in [2.75, 3.05) is 26.3 Å². The van der Waals surface area contributed by atoms with Crippen molar-refractivity contribution in [2.24, 2.45) is 5.92 Å². The van der Waals surface area contributed by atoms with Crippen molar-refractivity contribution in [3.8, 4) is 0 Å². The van der Waals surface area contributed by atoms with Crippen LogP contribution in [-0.2, 0) is 11.2 Å². The highest BCUT2D eigenvalue weighted by molar-refractivity contribution is 5.30. The fourth-order valence-corrected chi connectivity index (χ4v) is 1.89. The molecule has 1 N–H and O–H groups in total. The first kappa shape index (κ1) is 15.2. The third kappa shape index (κ3) is 6.18. The zero-order chi connectivity index (χ0) is 13.4. The predicted octanol–water partition coefficient (Wildman–Crippen LogP) is 3.11. The van der Waals surface area contributed by atoms with Gasteiger partial charge in [0.1, 0.15) is 0 Å². The van der Waals surface area contributed by atoms with E-state index >= 15 is 0 Å². The molecule has 1 aromatic carbocycles. The van der Waals surface area contributed by atoms with Crippen LogP contribution in [0.5, 0.6) is 0 Å². The van der Waals surface area contributed by atoms with E-state index in [9.17, 15) is 0 Å². The topological polar surface area (TPSA) is 21.3 Å². The van der Waals surface area contributed by atoms with Crippen LogP contribution in [0.15, 0.2) is 18.2 Å². The van der Waals surface area contributed by atoms with Gasteiger partial charge >= 0.3 is 0 Å². The fourth-order valence-electron chi connectivity index (χ4n) is 1.89. The summed E-state index contributed by atoms with van der Waals surface area (Å²) in [5.74, 6) is 0.708. The lowest BCUT2D eigenvalue weighted by atomic mass is 10.0. The molecule has 18 heavy (non-hydrogen) atoms. The Morgan fingerprint density at radius 1 is 1.17 bits per heavy atom. The molecule has 2 heteroatoms. The Kier molecular flexibility index (Phi) is 6.99. The van der Waals surface area contributed by atoms with E-state index in [0.29, 0.717) is 5.92 Å². The minimum Gasteiger partial charge on any atom is -0.380 e. The number of aryl methyl sites for hydroxylation is 2. The Labute approximate surface area is 112 Å². The van der Waals surface area contributed by atoms with Crippen molar-refractivity contribution in [1.29, 1.82) is 0 Å². The molecule has 0 bridgehead atoms. The van der Waals surface area contributed by atoms with Crippen LogP contribution in [0.4, 0.5) is 0 Å². The van der Waals surface area contributed by atoms with Crippen molar-refractivity contribution in [1.82, 2.24) is 5.32 Å². The molecule has 0 aliphatic rings. The lowest BCUT2D eigenvalue weighted by Gasteiger charge is -2.09. The van der Waals surface area contributed by atoms with Crippen LogP contribution >= 0.6 is 0 Å². The van der Waals surface area contributed by atoms with Crippen LogP contribution in [-0.4, -0.2) is 26.3 Å². The molecule has 0 fully saturated rings. The van der Waals surface area contributed by atoms with E-state index in [1.807, 2.05) is 0 Å². The molecule has 102 valence electrons. The first-order valence-electron chi connectivity index (χ1n) is 6.94. The molecular formula is C16H27NO. The summed E-state index contributed by atoms with van der Waals surface area (Å²) in [4.78, 5) is 0. The molecule has 0 aromatic heterocycles. The summed E-state index contributed by atoms with van der Waals surface area (Å²) >= 11 is 0. The number of ether oxygens (including phenoxy) is 1. The molecule has 0 atom stereocenters. The smallest absolute Gasteiger partial charge is 0.0591 e. The third-order valence-electron chi connectivity index (χ3n) is 3.00. The quantitative estimate of drug-likeness (QED) is 0.715. The summed E-state index contributed by atoms with van der Waals surface area (Å²) in [5, 5.41) is 3.38. The van der Waals surface area contributed by atoms with E-state index in [-0.39, 0.29) is 0 Å². The standard InChI is InChI=1S/C16H27NO/c1-13(2)12-17-8-10-18-9-7-16-11-14(3)5-6-15(16)4/h5-6,11,13,17H,7-10,12H2,1-4H3.